The normalized spacial score (nSPS) is 37.2. The molecule has 1 aliphatic heterocycles. The Labute approximate surface area is 86.5 Å². The summed E-state index contributed by atoms with van der Waals surface area (Å²) in [4.78, 5) is 0. The third-order valence-electron chi connectivity index (χ3n) is 2.19. The largest absolute Gasteiger partial charge is 0.394 e. The number of aliphatic hydroxyl groups excluding tert-OH is 5. The zero-order chi connectivity index (χ0) is 11.4. The maximum atomic E-state index is 9.42. The standard InChI is InChI=1S/C8H16O7/c9-1-4(2-10)15-8-7(13)6(12)5(11)3-14-8/h4-13H,1-3H2. The highest BCUT2D eigenvalue weighted by Crippen LogP contribution is 2.17. The van der Waals surface area contributed by atoms with Gasteiger partial charge in [-0.05, 0) is 0 Å². The molecule has 1 fully saturated rings. The molecule has 4 unspecified atom stereocenters. The minimum Gasteiger partial charge on any atom is -0.394 e. The maximum Gasteiger partial charge on any atom is 0.186 e. The summed E-state index contributed by atoms with van der Waals surface area (Å²) in [6.45, 7) is -1.03. The molecular formula is C8H16O7. The second kappa shape index (κ2) is 5.71. The second-order valence-corrected chi connectivity index (χ2v) is 3.37. The van der Waals surface area contributed by atoms with E-state index in [0.717, 1.165) is 0 Å². The van der Waals surface area contributed by atoms with Crippen LogP contribution in [0.5, 0.6) is 0 Å². The van der Waals surface area contributed by atoms with E-state index in [4.69, 9.17) is 24.8 Å². The molecule has 90 valence electrons. The molecule has 1 saturated heterocycles. The van der Waals surface area contributed by atoms with Gasteiger partial charge in [-0.25, -0.2) is 0 Å². The number of hydrogen-bond donors (Lipinski definition) is 5. The molecule has 7 nitrogen and oxygen atoms in total. The Bertz CT molecular complexity index is 184. The molecule has 0 aromatic heterocycles. The SMILES string of the molecule is OCC(CO)OC1OCC(O)C(O)C1O. The predicted molar refractivity (Wildman–Crippen MR) is 46.8 cm³/mol. The highest BCUT2D eigenvalue weighted by Gasteiger charge is 2.39. The molecule has 0 aromatic rings. The molecule has 0 bridgehead atoms. The number of ether oxygens (including phenoxy) is 2. The first kappa shape index (κ1) is 12.8. The van der Waals surface area contributed by atoms with E-state index < -0.39 is 43.9 Å². The highest BCUT2D eigenvalue weighted by molar-refractivity contribution is 4.82. The van der Waals surface area contributed by atoms with E-state index in [9.17, 15) is 10.2 Å². The van der Waals surface area contributed by atoms with E-state index in [1.54, 1.807) is 0 Å². The molecule has 0 aromatic carbocycles. The average molecular weight is 224 g/mol. The Morgan fingerprint density at radius 1 is 1.13 bits per heavy atom. The van der Waals surface area contributed by atoms with Crippen LogP contribution in [0.4, 0.5) is 0 Å². The van der Waals surface area contributed by atoms with Crippen molar-refractivity contribution < 1.29 is 35.0 Å². The zero-order valence-corrected chi connectivity index (χ0v) is 8.06. The van der Waals surface area contributed by atoms with E-state index in [1.165, 1.54) is 0 Å². The Hall–Kier alpha value is -0.280. The van der Waals surface area contributed by atoms with Crippen molar-refractivity contribution in [3.05, 3.63) is 0 Å². The Kier molecular flexibility index (Phi) is 4.87. The highest BCUT2D eigenvalue weighted by atomic mass is 16.7. The van der Waals surface area contributed by atoms with Crippen LogP contribution in [-0.2, 0) is 9.47 Å². The van der Waals surface area contributed by atoms with Gasteiger partial charge < -0.3 is 35.0 Å². The summed E-state index contributed by atoms with van der Waals surface area (Å²) >= 11 is 0. The first-order valence-electron chi connectivity index (χ1n) is 4.63. The molecule has 5 N–H and O–H groups in total. The average Bonchev–Trinajstić information content (AvgIpc) is 2.25. The molecule has 1 aliphatic rings. The molecule has 0 spiro atoms. The smallest absolute Gasteiger partial charge is 0.186 e. The zero-order valence-electron chi connectivity index (χ0n) is 8.06. The lowest BCUT2D eigenvalue weighted by Gasteiger charge is -2.36. The molecular weight excluding hydrogens is 208 g/mol. The van der Waals surface area contributed by atoms with E-state index in [2.05, 4.69) is 0 Å². The summed E-state index contributed by atoms with van der Waals surface area (Å²) in [6, 6.07) is 0. The van der Waals surface area contributed by atoms with E-state index in [-0.39, 0.29) is 6.61 Å². The fourth-order valence-electron chi connectivity index (χ4n) is 1.23. The van der Waals surface area contributed by atoms with E-state index in [1.807, 2.05) is 0 Å². The van der Waals surface area contributed by atoms with Crippen LogP contribution >= 0.6 is 0 Å². The summed E-state index contributed by atoms with van der Waals surface area (Å²) in [5, 5.41) is 45.3. The van der Waals surface area contributed by atoms with Gasteiger partial charge in [0, 0.05) is 0 Å². The number of hydrogen-bond acceptors (Lipinski definition) is 7. The quantitative estimate of drug-likeness (QED) is 0.341. The number of rotatable bonds is 4. The van der Waals surface area contributed by atoms with Gasteiger partial charge >= 0.3 is 0 Å². The van der Waals surface area contributed by atoms with Gasteiger partial charge in [0.05, 0.1) is 19.8 Å². The third-order valence-corrected chi connectivity index (χ3v) is 2.19. The summed E-state index contributed by atoms with van der Waals surface area (Å²) in [5.74, 6) is 0. The molecule has 0 saturated carbocycles. The summed E-state index contributed by atoms with van der Waals surface area (Å²) < 4.78 is 9.88. The van der Waals surface area contributed by atoms with Crippen molar-refractivity contribution in [1.82, 2.24) is 0 Å². The maximum absolute atomic E-state index is 9.42. The van der Waals surface area contributed by atoms with Crippen LogP contribution in [0, 0.1) is 0 Å². The van der Waals surface area contributed by atoms with Gasteiger partial charge in [0.15, 0.2) is 6.29 Å². The lowest BCUT2D eigenvalue weighted by Crippen LogP contribution is -2.54. The van der Waals surface area contributed by atoms with Crippen LogP contribution in [-0.4, -0.2) is 76.1 Å². The number of aliphatic hydroxyl groups is 5. The van der Waals surface area contributed by atoms with E-state index >= 15 is 0 Å². The minimum absolute atomic E-state index is 0.174. The molecule has 1 heterocycles. The van der Waals surface area contributed by atoms with Crippen molar-refractivity contribution >= 4 is 0 Å². The third kappa shape index (κ3) is 3.08. The van der Waals surface area contributed by atoms with Crippen molar-refractivity contribution in [2.45, 2.75) is 30.7 Å². The van der Waals surface area contributed by atoms with Gasteiger partial charge in [-0.3, -0.25) is 0 Å². The van der Waals surface area contributed by atoms with Crippen LogP contribution in [0.1, 0.15) is 0 Å². The minimum atomic E-state index is -1.41. The van der Waals surface area contributed by atoms with Crippen LogP contribution in [0.25, 0.3) is 0 Å². The Morgan fingerprint density at radius 3 is 2.27 bits per heavy atom. The van der Waals surface area contributed by atoms with Crippen LogP contribution < -0.4 is 0 Å². The Balaban J connectivity index is 2.48. The van der Waals surface area contributed by atoms with Gasteiger partial charge in [-0.1, -0.05) is 0 Å². The Morgan fingerprint density at radius 2 is 1.73 bits per heavy atom. The van der Waals surface area contributed by atoms with Gasteiger partial charge in [0.25, 0.3) is 0 Å². The van der Waals surface area contributed by atoms with Gasteiger partial charge in [-0.2, -0.15) is 0 Å². The predicted octanol–water partition coefficient (Wildman–Crippen LogP) is -3.20. The van der Waals surface area contributed by atoms with Crippen LogP contribution in [0.3, 0.4) is 0 Å². The van der Waals surface area contributed by atoms with Crippen molar-refractivity contribution in [3.8, 4) is 0 Å². The molecule has 1 rings (SSSR count). The fourth-order valence-corrected chi connectivity index (χ4v) is 1.23. The summed E-state index contributed by atoms with van der Waals surface area (Å²) in [5.41, 5.74) is 0. The first-order valence-corrected chi connectivity index (χ1v) is 4.63. The monoisotopic (exact) mass is 224 g/mol. The first-order chi connectivity index (χ1) is 7.10. The van der Waals surface area contributed by atoms with Gasteiger partial charge in [0.2, 0.25) is 0 Å². The lowest BCUT2D eigenvalue weighted by molar-refractivity contribution is -0.287. The van der Waals surface area contributed by atoms with Crippen LogP contribution in [0.2, 0.25) is 0 Å². The molecule has 7 heteroatoms. The van der Waals surface area contributed by atoms with Gasteiger partial charge in [0.1, 0.15) is 24.4 Å². The molecule has 0 amide bonds. The fraction of sp³-hybridized carbons (Fsp3) is 1.00. The molecule has 15 heavy (non-hydrogen) atoms. The molecule has 0 radical (unpaired) electrons. The van der Waals surface area contributed by atoms with Crippen molar-refractivity contribution in [2.75, 3.05) is 19.8 Å². The second-order valence-electron chi connectivity index (χ2n) is 3.37. The summed E-state index contributed by atoms with van der Waals surface area (Å²) in [6.07, 6.45) is -5.97. The molecule has 4 atom stereocenters. The topological polar surface area (TPSA) is 120 Å². The van der Waals surface area contributed by atoms with Crippen LogP contribution in [0.15, 0.2) is 0 Å². The lowest BCUT2D eigenvalue weighted by atomic mass is 10.1. The van der Waals surface area contributed by atoms with Crippen molar-refractivity contribution in [3.63, 3.8) is 0 Å². The summed E-state index contributed by atoms with van der Waals surface area (Å²) in [7, 11) is 0. The van der Waals surface area contributed by atoms with E-state index in [0.29, 0.717) is 0 Å². The van der Waals surface area contributed by atoms with Crippen molar-refractivity contribution in [2.24, 2.45) is 0 Å². The van der Waals surface area contributed by atoms with Gasteiger partial charge in [-0.15, -0.1) is 0 Å². The molecule has 0 aliphatic carbocycles. The van der Waals surface area contributed by atoms with Crippen molar-refractivity contribution in [1.29, 1.82) is 0 Å².